The smallest absolute Gasteiger partial charge is 0.251 e. The van der Waals surface area contributed by atoms with Crippen LogP contribution in [0.5, 0.6) is 0 Å². The lowest BCUT2D eigenvalue weighted by Gasteiger charge is -2.40. The van der Waals surface area contributed by atoms with Crippen molar-refractivity contribution in [1.29, 1.82) is 0 Å². The Kier molecular flexibility index (Phi) is 6.50. The Morgan fingerprint density at radius 3 is 2.26 bits per heavy atom. The molecule has 0 bridgehead atoms. The Balaban J connectivity index is 1.48. The van der Waals surface area contributed by atoms with Crippen molar-refractivity contribution in [2.75, 3.05) is 26.2 Å². The van der Waals surface area contributed by atoms with Crippen LogP contribution in [0.2, 0.25) is 0 Å². The molecule has 2 aliphatic rings. The van der Waals surface area contributed by atoms with Crippen LogP contribution in [0.4, 0.5) is 0 Å². The summed E-state index contributed by atoms with van der Waals surface area (Å²) in [6, 6.07) is 9.35. The van der Waals surface area contributed by atoms with Crippen molar-refractivity contribution in [2.24, 2.45) is 0 Å². The first kappa shape index (κ1) is 19.8. The summed E-state index contributed by atoms with van der Waals surface area (Å²) in [6.45, 7) is 9.00. The summed E-state index contributed by atoms with van der Waals surface area (Å²) in [5, 5.41) is 3.12. The summed E-state index contributed by atoms with van der Waals surface area (Å²) >= 11 is 0. The van der Waals surface area contributed by atoms with Gasteiger partial charge in [-0.05, 0) is 45.7 Å². The Morgan fingerprint density at radius 2 is 1.67 bits per heavy atom. The lowest BCUT2D eigenvalue weighted by Crippen LogP contribution is -2.56. The molecular formula is C21H31N3O3. The van der Waals surface area contributed by atoms with Gasteiger partial charge in [0, 0.05) is 37.8 Å². The van der Waals surface area contributed by atoms with Gasteiger partial charge >= 0.3 is 0 Å². The van der Waals surface area contributed by atoms with Crippen LogP contribution in [0.3, 0.4) is 0 Å². The SMILES string of the molecule is C[C@@H]1CN(C(=O)[C@H](C)N2CCC(NC(=O)c3ccccc3)CC2)C[C@H](C)O1. The number of hydrogen-bond donors (Lipinski definition) is 1. The third-order valence-corrected chi connectivity index (χ3v) is 5.54. The Hall–Kier alpha value is -1.92. The number of nitrogens with one attached hydrogen (secondary N) is 1. The molecule has 0 radical (unpaired) electrons. The molecule has 6 nitrogen and oxygen atoms in total. The quantitative estimate of drug-likeness (QED) is 0.876. The van der Waals surface area contributed by atoms with E-state index in [4.69, 9.17) is 4.74 Å². The molecule has 0 unspecified atom stereocenters. The summed E-state index contributed by atoms with van der Waals surface area (Å²) < 4.78 is 5.73. The van der Waals surface area contributed by atoms with E-state index in [9.17, 15) is 9.59 Å². The zero-order chi connectivity index (χ0) is 19.4. The summed E-state index contributed by atoms with van der Waals surface area (Å²) in [5.41, 5.74) is 0.694. The predicted octanol–water partition coefficient (Wildman–Crippen LogP) is 1.91. The maximum Gasteiger partial charge on any atom is 0.251 e. The molecular weight excluding hydrogens is 342 g/mol. The Labute approximate surface area is 161 Å². The van der Waals surface area contributed by atoms with Crippen LogP contribution < -0.4 is 5.32 Å². The van der Waals surface area contributed by atoms with E-state index in [-0.39, 0.29) is 36.1 Å². The zero-order valence-electron chi connectivity index (χ0n) is 16.6. The molecule has 3 atom stereocenters. The van der Waals surface area contributed by atoms with E-state index < -0.39 is 0 Å². The number of piperidine rings is 1. The highest BCUT2D eigenvalue weighted by Gasteiger charge is 2.33. The molecule has 2 aliphatic heterocycles. The first-order valence-electron chi connectivity index (χ1n) is 9.98. The molecule has 0 saturated carbocycles. The second-order valence-corrected chi connectivity index (χ2v) is 7.83. The Bertz CT molecular complexity index is 633. The van der Waals surface area contributed by atoms with Gasteiger partial charge in [-0.2, -0.15) is 0 Å². The lowest BCUT2D eigenvalue weighted by atomic mass is 10.0. The fourth-order valence-electron chi connectivity index (χ4n) is 4.07. The molecule has 2 saturated heterocycles. The minimum absolute atomic E-state index is 0.0190. The van der Waals surface area contributed by atoms with Crippen molar-refractivity contribution in [3.63, 3.8) is 0 Å². The van der Waals surface area contributed by atoms with Crippen LogP contribution in [0.1, 0.15) is 44.0 Å². The number of carbonyl (C=O) groups excluding carboxylic acids is 2. The third-order valence-electron chi connectivity index (χ3n) is 5.54. The molecule has 1 aromatic carbocycles. The van der Waals surface area contributed by atoms with Gasteiger partial charge in [0.1, 0.15) is 0 Å². The van der Waals surface area contributed by atoms with E-state index in [1.807, 2.05) is 56.0 Å². The van der Waals surface area contributed by atoms with Crippen LogP contribution in [0, 0.1) is 0 Å². The number of ether oxygens (including phenoxy) is 1. The van der Waals surface area contributed by atoms with Gasteiger partial charge < -0.3 is 15.0 Å². The van der Waals surface area contributed by atoms with E-state index in [2.05, 4.69) is 10.2 Å². The average molecular weight is 373 g/mol. The monoisotopic (exact) mass is 373 g/mol. The van der Waals surface area contributed by atoms with Crippen molar-refractivity contribution < 1.29 is 14.3 Å². The fraction of sp³-hybridized carbons (Fsp3) is 0.619. The summed E-state index contributed by atoms with van der Waals surface area (Å²) in [5.74, 6) is 0.165. The highest BCUT2D eigenvalue weighted by Crippen LogP contribution is 2.18. The number of morpholine rings is 1. The Morgan fingerprint density at radius 1 is 1.07 bits per heavy atom. The predicted molar refractivity (Wildman–Crippen MR) is 105 cm³/mol. The van der Waals surface area contributed by atoms with Gasteiger partial charge in [0.05, 0.1) is 18.2 Å². The topological polar surface area (TPSA) is 61.9 Å². The molecule has 6 heteroatoms. The van der Waals surface area contributed by atoms with E-state index >= 15 is 0 Å². The summed E-state index contributed by atoms with van der Waals surface area (Å²) in [7, 11) is 0. The van der Waals surface area contributed by atoms with Crippen LogP contribution in [-0.2, 0) is 9.53 Å². The largest absolute Gasteiger partial charge is 0.372 e. The minimum Gasteiger partial charge on any atom is -0.372 e. The van der Waals surface area contributed by atoms with E-state index in [1.165, 1.54) is 0 Å². The van der Waals surface area contributed by atoms with Gasteiger partial charge in [0.2, 0.25) is 5.91 Å². The molecule has 3 rings (SSSR count). The molecule has 0 aliphatic carbocycles. The molecule has 2 fully saturated rings. The van der Waals surface area contributed by atoms with Gasteiger partial charge in [-0.1, -0.05) is 18.2 Å². The van der Waals surface area contributed by atoms with E-state index in [0.717, 1.165) is 25.9 Å². The first-order valence-corrected chi connectivity index (χ1v) is 9.98. The number of carbonyl (C=O) groups is 2. The van der Waals surface area contributed by atoms with Gasteiger partial charge in [-0.15, -0.1) is 0 Å². The lowest BCUT2D eigenvalue weighted by molar-refractivity contribution is -0.148. The van der Waals surface area contributed by atoms with Crippen molar-refractivity contribution in [1.82, 2.24) is 15.1 Å². The average Bonchev–Trinajstić information content (AvgIpc) is 2.67. The summed E-state index contributed by atoms with van der Waals surface area (Å²) in [4.78, 5) is 29.4. The van der Waals surface area contributed by atoms with E-state index in [0.29, 0.717) is 18.7 Å². The number of nitrogens with zero attached hydrogens (tertiary/aromatic N) is 2. The molecule has 0 spiro atoms. The number of likely N-dealkylation sites (tertiary alicyclic amines) is 1. The number of rotatable bonds is 4. The molecule has 1 N–H and O–H groups in total. The van der Waals surface area contributed by atoms with Crippen LogP contribution >= 0.6 is 0 Å². The normalized spacial score (nSPS) is 25.8. The zero-order valence-corrected chi connectivity index (χ0v) is 16.6. The number of hydrogen-bond acceptors (Lipinski definition) is 4. The third kappa shape index (κ3) is 5.08. The molecule has 27 heavy (non-hydrogen) atoms. The van der Waals surface area contributed by atoms with Crippen LogP contribution in [0.15, 0.2) is 30.3 Å². The maximum atomic E-state index is 12.9. The van der Waals surface area contributed by atoms with Gasteiger partial charge in [-0.3, -0.25) is 14.5 Å². The highest BCUT2D eigenvalue weighted by molar-refractivity contribution is 5.94. The van der Waals surface area contributed by atoms with Gasteiger partial charge in [0.25, 0.3) is 5.91 Å². The summed E-state index contributed by atoms with van der Waals surface area (Å²) in [6.07, 6.45) is 1.91. The number of benzene rings is 1. The first-order chi connectivity index (χ1) is 12.9. The highest BCUT2D eigenvalue weighted by atomic mass is 16.5. The standard InChI is InChI=1S/C21H31N3O3/c1-15-13-24(14-16(2)27-15)21(26)17(3)23-11-9-19(10-12-23)22-20(25)18-7-5-4-6-8-18/h4-8,15-17,19H,9-14H2,1-3H3,(H,22,25)/t15-,16+,17-/m0/s1. The van der Waals surface area contributed by atoms with E-state index in [1.54, 1.807) is 0 Å². The fourth-order valence-corrected chi connectivity index (χ4v) is 4.07. The molecule has 148 valence electrons. The molecule has 2 amide bonds. The van der Waals surface area contributed by atoms with Crippen molar-refractivity contribution in [3.8, 4) is 0 Å². The maximum absolute atomic E-state index is 12.9. The van der Waals surface area contributed by atoms with Crippen LogP contribution in [-0.4, -0.2) is 72.1 Å². The van der Waals surface area contributed by atoms with Crippen molar-refractivity contribution >= 4 is 11.8 Å². The second kappa shape index (κ2) is 8.85. The second-order valence-electron chi connectivity index (χ2n) is 7.83. The van der Waals surface area contributed by atoms with Gasteiger partial charge in [0.15, 0.2) is 0 Å². The molecule has 1 aromatic rings. The van der Waals surface area contributed by atoms with Gasteiger partial charge in [-0.25, -0.2) is 0 Å². The number of amides is 2. The minimum atomic E-state index is -0.131. The van der Waals surface area contributed by atoms with Crippen LogP contribution in [0.25, 0.3) is 0 Å². The van der Waals surface area contributed by atoms with Crippen molar-refractivity contribution in [2.45, 2.75) is 57.9 Å². The molecule has 2 heterocycles. The molecule has 0 aromatic heterocycles. The van der Waals surface area contributed by atoms with Crippen molar-refractivity contribution in [3.05, 3.63) is 35.9 Å².